The summed E-state index contributed by atoms with van der Waals surface area (Å²) in [5, 5.41) is 11.5. The summed E-state index contributed by atoms with van der Waals surface area (Å²) in [5.41, 5.74) is 4.59. The van der Waals surface area contributed by atoms with Crippen molar-refractivity contribution in [2.45, 2.75) is 20.4 Å². The van der Waals surface area contributed by atoms with Crippen LogP contribution in [0.2, 0.25) is 0 Å². The number of quaternary nitrogens is 1. The molecule has 0 aromatic heterocycles. The molecule has 1 aliphatic rings. The van der Waals surface area contributed by atoms with E-state index in [0.717, 1.165) is 26.2 Å². The number of aryl methyl sites for hydroxylation is 2. The van der Waals surface area contributed by atoms with Gasteiger partial charge in [0.1, 0.15) is 6.54 Å². The van der Waals surface area contributed by atoms with Crippen molar-refractivity contribution in [3.8, 4) is 11.5 Å². The van der Waals surface area contributed by atoms with Crippen molar-refractivity contribution >= 4 is 11.4 Å². The number of hydrogen-bond acceptors (Lipinski definition) is 5. The van der Waals surface area contributed by atoms with Crippen LogP contribution in [0.4, 0.5) is 11.4 Å². The van der Waals surface area contributed by atoms with Crippen LogP contribution in [-0.2, 0) is 6.54 Å². The van der Waals surface area contributed by atoms with Crippen LogP contribution in [0.15, 0.2) is 30.3 Å². The van der Waals surface area contributed by atoms with Gasteiger partial charge in [0.15, 0.2) is 11.5 Å². The number of rotatable bonds is 6. The van der Waals surface area contributed by atoms with E-state index in [2.05, 4.69) is 36.9 Å². The Kier molecular flexibility index (Phi) is 6.04. The van der Waals surface area contributed by atoms with E-state index in [1.165, 1.54) is 34.9 Å². The Morgan fingerprint density at radius 3 is 2.32 bits per heavy atom. The molecule has 1 heterocycles. The van der Waals surface area contributed by atoms with E-state index < -0.39 is 0 Å². The Balaban J connectivity index is 1.74. The van der Waals surface area contributed by atoms with Crippen molar-refractivity contribution in [3.05, 3.63) is 57.1 Å². The van der Waals surface area contributed by atoms with Crippen LogP contribution in [0.25, 0.3) is 0 Å². The fraction of sp³-hybridized carbons (Fsp3) is 0.429. The number of ether oxygens (including phenoxy) is 2. The van der Waals surface area contributed by atoms with E-state index in [4.69, 9.17) is 9.47 Å². The molecule has 2 aromatic carbocycles. The zero-order valence-electron chi connectivity index (χ0n) is 16.9. The summed E-state index contributed by atoms with van der Waals surface area (Å²) in [7, 11) is 3.03. The first-order valence-electron chi connectivity index (χ1n) is 9.48. The van der Waals surface area contributed by atoms with Gasteiger partial charge in [-0.2, -0.15) is 0 Å². The number of nitro benzene ring substituents is 1. The molecule has 0 aliphatic carbocycles. The third-order valence-electron chi connectivity index (χ3n) is 5.40. The van der Waals surface area contributed by atoms with Gasteiger partial charge in [-0.1, -0.05) is 12.1 Å². The summed E-state index contributed by atoms with van der Waals surface area (Å²) in [6.45, 7) is 8.57. The topological polar surface area (TPSA) is 69.3 Å². The molecule has 7 nitrogen and oxygen atoms in total. The molecule has 1 N–H and O–H groups in total. The lowest BCUT2D eigenvalue weighted by atomic mass is 10.1. The molecule has 0 amide bonds. The SMILES string of the molecule is COc1cc(C[NH+]2CCN(c3cc(C)ccc3C)CC2)c([N+](=O)[O-])cc1OC. The predicted octanol–water partition coefficient (Wildman–Crippen LogP) is 2.13. The lowest BCUT2D eigenvalue weighted by molar-refractivity contribution is -0.914. The fourth-order valence-corrected chi connectivity index (χ4v) is 3.79. The fourth-order valence-electron chi connectivity index (χ4n) is 3.79. The minimum atomic E-state index is -0.344. The lowest BCUT2D eigenvalue weighted by Gasteiger charge is -2.34. The van der Waals surface area contributed by atoms with Crippen molar-refractivity contribution in [1.82, 2.24) is 0 Å². The first-order valence-corrected chi connectivity index (χ1v) is 9.48. The van der Waals surface area contributed by atoms with Crippen LogP contribution in [0.3, 0.4) is 0 Å². The summed E-state index contributed by atoms with van der Waals surface area (Å²) < 4.78 is 10.5. The molecule has 2 aromatic rings. The Morgan fingerprint density at radius 2 is 1.71 bits per heavy atom. The standard InChI is InChI=1S/C21H27N3O4/c1-15-5-6-16(2)18(11-15)23-9-7-22(8-10-23)14-17-12-20(27-3)21(28-4)13-19(17)24(25)26/h5-6,11-13H,7-10,14H2,1-4H3/p+1. The highest BCUT2D eigenvalue weighted by atomic mass is 16.6. The van der Waals surface area contributed by atoms with E-state index in [9.17, 15) is 10.1 Å². The van der Waals surface area contributed by atoms with E-state index in [1.54, 1.807) is 13.2 Å². The van der Waals surface area contributed by atoms with Gasteiger partial charge in [-0.15, -0.1) is 0 Å². The number of nitro groups is 1. The third-order valence-corrected chi connectivity index (χ3v) is 5.40. The molecular formula is C21H28N3O4+. The van der Waals surface area contributed by atoms with Crippen molar-refractivity contribution < 1.29 is 19.3 Å². The number of nitrogens with zero attached hydrogens (tertiary/aromatic N) is 2. The largest absolute Gasteiger partial charge is 0.493 e. The summed E-state index contributed by atoms with van der Waals surface area (Å²) in [6.07, 6.45) is 0. The highest BCUT2D eigenvalue weighted by molar-refractivity contribution is 5.55. The Labute approximate surface area is 165 Å². The first kappa shape index (κ1) is 19.9. The second kappa shape index (κ2) is 8.48. The smallest absolute Gasteiger partial charge is 0.282 e. The maximum atomic E-state index is 11.5. The van der Waals surface area contributed by atoms with Gasteiger partial charge >= 0.3 is 0 Å². The van der Waals surface area contributed by atoms with E-state index in [1.807, 2.05) is 0 Å². The molecule has 7 heteroatoms. The monoisotopic (exact) mass is 386 g/mol. The van der Waals surface area contributed by atoms with Gasteiger partial charge in [0, 0.05) is 5.69 Å². The van der Waals surface area contributed by atoms with Crippen molar-refractivity contribution in [2.24, 2.45) is 0 Å². The number of anilines is 1. The summed E-state index contributed by atoms with van der Waals surface area (Å²) >= 11 is 0. The Morgan fingerprint density at radius 1 is 1.07 bits per heavy atom. The van der Waals surface area contributed by atoms with Gasteiger partial charge < -0.3 is 19.3 Å². The second-order valence-electron chi connectivity index (χ2n) is 7.30. The Hall–Kier alpha value is -2.80. The number of hydrogen-bond donors (Lipinski definition) is 1. The highest BCUT2D eigenvalue weighted by Crippen LogP contribution is 2.34. The van der Waals surface area contributed by atoms with Crippen molar-refractivity contribution in [3.63, 3.8) is 0 Å². The van der Waals surface area contributed by atoms with Crippen LogP contribution in [0.5, 0.6) is 11.5 Å². The zero-order chi connectivity index (χ0) is 20.3. The van der Waals surface area contributed by atoms with E-state index in [-0.39, 0.29) is 10.6 Å². The minimum Gasteiger partial charge on any atom is -0.493 e. The van der Waals surface area contributed by atoms with Gasteiger partial charge in [-0.3, -0.25) is 10.1 Å². The molecule has 28 heavy (non-hydrogen) atoms. The molecule has 0 radical (unpaired) electrons. The summed E-state index contributed by atoms with van der Waals surface area (Å²) in [6, 6.07) is 9.73. The lowest BCUT2D eigenvalue weighted by Crippen LogP contribution is -3.13. The molecule has 0 spiro atoms. The Bertz CT molecular complexity index is 861. The quantitative estimate of drug-likeness (QED) is 0.608. The average molecular weight is 386 g/mol. The summed E-state index contributed by atoms with van der Waals surface area (Å²) in [4.78, 5) is 14.9. The van der Waals surface area contributed by atoms with Gasteiger partial charge in [0.2, 0.25) is 0 Å². The minimum absolute atomic E-state index is 0.0853. The number of benzene rings is 2. The number of methoxy groups -OCH3 is 2. The van der Waals surface area contributed by atoms with Crippen LogP contribution < -0.4 is 19.3 Å². The van der Waals surface area contributed by atoms with Gasteiger partial charge in [-0.25, -0.2) is 0 Å². The van der Waals surface area contributed by atoms with Crippen LogP contribution in [-0.4, -0.2) is 45.3 Å². The van der Waals surface area contributed by atoms with Gasteiger partial charge in [-0.05, 0) is 37.1 Å². The van der Waals surface area contributed by atoms with E-state index >= 15 is 0 Å². The molecule has 1 fully saturated rings. The third kappa shape index (κ3) is 4.20. The molecule has 150 valence electrons. The molecule has 0 saturated carbocycles. The molecule has 1 aliphatic heterocycles. The van der Waals surface area contributed by atoms with Crippen molar-refractivity contribution in [1.29, 1.82) is 0 Å². The number of piperazine rings is 1. The van der Waals surface area contributed by atoms with Crippen LogP contribution in [0, 0.1) is 24.0 Å². The van der Waals surface area contributed by atoms with Crippen LogP contribution >= 0.6 is 0 Å². The van der Waals surface area contributed by atoms with Gasteiger partial charge in [0.05, 0.1) is 57.0 Å². The molecular weight excluding hydrogens is 358 g/mol. The van der Waals surface area contributed by atoms with Gasteiger partial charge in [0.25, 0.3) is 5.69 Å². The molecule has 1 saturated heterocycles. The zero-order valence-corrected chi connectivity index (χ0v) is 16.9. The predicted molar refractivity (Wildman–Crippen MR) is 109 cm³/mol. The first-order chi connectivity index (χ1) is 13.4. The molecule has 3 rings (SSSR count). The van der Waals surface area contributed by atoms with Crippen LogP contribution in [0.1, 0.15) is 16.7 Å². The average Bonchev–Trinajstić information content (AvgIpc) is 2.70. The molecule has 0 unspecified atom stereocenters. The summed E-state index contributed by atoms with van der Waals surface area (Å²) in [5.74, 6) is 0.907. The van der Waals surface area contributed by atoms with E-state index in [0.29, 0.717) is 23.6 Å². The maximum Gasteiger partial charge on any atom is 0.282 e. The number of nitrogens with one attached hydrogen (secondary N) is 1. The normalized spacial score (nSPS) is 14.8. The maximum absolute atomic E-state index is 11.5. The van der Waals surface area contributed by atoms with Crippen molar-refractivity contribution in [2.75, 3.05) is 45.3 Å². The molecule has 0 atom stereocenters. The molecule has 0 bridgehead atoms. The second-order valence-corrected chi connectivity index (χ2v) is 7.30. The highest BCUT2D eigenvalue weighted by Gasteiger charge is 2.26.